The van der Waals surface area contributed by atoms with Crippen LogP contribution in [0.4, 0.5) is 5.82 Å². The van der Waals surface area contributed by atoms with Crippen LogP contribution in [0.15, 0.2) is 60.9 Å². The fraction of sp³-hybridized carbons (Fsp3) is 0.286. The van der Waals surface area contributed by atoms with Gasteiger partial charge >= 0.3 is 5.97 Å². The smallest absolute Gasteiger partial charge is 0.335 e. The summed E-state index contributed by atoms with van der Waals surface area (Å²) in [7, 11) is 0. The van der Waals surface area contributed by atoms with E-state index in [2.05, 4.69) is 38.8 Å². The molecule has 2 aromatic heterocycles. The van der Waals surface area contributed by atoms with E-state index in [-0.39, 0.29) is 5.56 Å². The van der Waals surface area contributed by atoms with E-state index in [4.69, 9.17) is 10.00 Å². The highest BCUT2D eigenvalue weighted by molar-refractivity contribution is 6.10. The third-order valence-corrected chi connectivity index (χ3v) is 5.88. The molecule has 0 saturated carbocycles. The van der Waals surface area contributed by atoms with Crippen LogP contribution in [0, 0.1) is 11.3 Å². The lowest BCUT2D eigenvalue weighted by molar-refractivity contribution is 0.0697. The summed E-state index contributed by atoms with van der Waals surface area (Å²) >= 11 is 0. The van der Waals surface area contributed by atoms with Gasteiger partial charge in [0.1, 0.15) is 5.82 Å². The quantitative estimate of drug-likeness (QED) is 0.187. The zero-order valence-corrected chi connectivity index (χ0v) is 20.0. The maximum Gasteiger partial charge on any atom is 0.335 e. The molecule has 0 bridgehead atoms. The van der Waals surface area contributed by atoms with Crippen molar-refractivity contribution >= 4 is 33.5 Å². The number of hydrogen-bond donors (Lipinski definition) is 3. The molecule has 0 saturated heterocycles. The number of anilines is 1. The number of carboxylic acids is 1. The first-order valence-electron chi connectivity index (χ1n) is 12.0. The van der Waals surface area contributed by atoms with Crippen LogP contribution in [0.2, 0.25) is 0 Å². The van der Waals surface area contributed by atoms with Crippen LogP contribution in [-0.2, 0) is 17.7 Å². The van der Waals surface area contributed by atoms with E-state index in [0.29, 0.717) is 37.5 Å². The van der Waals surface area contributed by atoms with Crippen LogP contribution in [0.5, 0.6) is 0 Å². The van der Waals surface area contributed by atoms with E-state index in [1.807, 2.05) is 18.2 Å². The molecule has 0 amide bonds. The van der Waals surface area contributed by atoms with Gasteiger partial charge in [-0.2, -0.15) is 5.26 Å². The number of carbonyl (C=O) groups is 1. The highest BCUT2D eigenvalue weighted by Gasteiger charge is 2.11. The minimum Gasteiger partial charge on any atom is -0.478 e. The molecule has 36 heavy (non-hydrogen) atoms. The Bertz CT molecular complexity index is 1380. The molecule has 3 N–H and O–H groups in total. The van der Waals surface area contributed by atoms with Crippen LogP contribution >= 0.6 is 0 Å². The van der Waals surface area contributed by atoms with Gasteiger partial charge in [0.2, 0.25) is 0 Å². The Hall–Kier alpha value is -4.06. The van der Waals surface area contributed by atoms with Crippen LogP contribution in [0.25, 0.3) is 21.7 Å². The number of nitrogens with one attached hydrogen (secondary N) is 2. The van der Waals surface area contributed by atoms with Crippen molar-refractivity contribution in [2.45, 2.75) is 25.8 Å². The SMILES string of the molecule is N#CCc1cccc(CNCCCCOCCNc2nc3cc(C(=O)O)ccc3c3cnccc23)c1. The molecule has 184 valence electrons. The second kappa shape index (κ2) is 12.6. The number of aromatic carboxylic acids is 1. The molecule has 4 rings (SSSR count). The van der Waals surface area contributed by atoms with E-state index < -0.39 is 5.97 Å². The van der Waals surface area contributed by atoms with Gasteiger partial charge in [-0.1, -0.05) is 30.3 Å². The minimum atomic E-state index is -0.979. The van der Waals surface area contributed by atoms with Crippen molar-refractivity contribution in [2.24, 2.45) is 0 Å². The lowest BCUT2D eigenvalue weighted by atomic mass is 10.1. The fourth-order valence-electron chi connectivity index (χ4n) is 4.09. The first kappa shape index (κ1) is 25.0. The van der Waals surface area contributed by atoms with Gasteiger partial charge in [0.05, 0.1) is 30.2 Å². The number of carboxylic acid groups (broad SMARTS) is 1. The average Bonchev–Trinajstić information content (AvgIpc) is 2.89. The Morgan fingerprint density at radius 2 is 1.89 bits per heavy atom. The summed E-state index contributed by atoms with van der Waals surface area (Å²) in [6, 6.07) is 17.1. The maximum atomic E-state index is 11.4. The van der Waals surface area contributed by atoms with Crippen molar-refractivity contribution in [2.75, 3.05) is 31.6 Å². The number of rotatable bonds is 13. The molecule has 0 aliphatic heterocycles. The molecule has 4 aromatic rings. The summed E-state index contributed by atoms with van der Waals surface area (Å²) in [6.45, 7) is 3.51. The maximum absolute atomic E-state index is 11.4. The molecule has 0 spiro atoms. The van der Waals surface area contributed by atoms with Crippen molar-refractivity contribution in [3.63, 3.8) is 0 Å². The van der Waals surface area contributed by atoms with Gasteiger partial charge in [0.25, 0.3) is 0 Å². The molecule has 0 radical (unpaired) electrons. The number of ether oxygens (including phenoxy) is 1. The summed E-state index contributed by atoms with van der Waals surface area (Å²) < 4.78 is 5.77. The molecule has 0 atom stereocenters. The second-order valence-corrected chi connectivity index (χ2v) is 8.50. The normalized spacial score (nSPS) is 11.0. The lowest BCUT2D eigenvalue weighted by Crippen LogP contribution is -2.16. The van der Waals surface area contributed by atoms with Gasteiger partial charge in [-0.25, -0.2) is 9.78 Å². The zero-order chi connectivity index (χ0) is 25.2. The van der Waals surface area contributed by atoms with Crippen molar-refractivity contribution in [1.29, 1.82) is 5.26 Å². The molecule has 0 fully saturated rings. The zero-order valence-electron chi connectivity index (χ0n) is 20.0. The van der Waals surface area contributed by atoms with Crippen LogP contribution in [-0.4, -0.2) is 47.3 Å². The largest absolute Gasteiger partial charge is 0.478 e. The molecule has 8 heteroatoms. The molecule has 2 aromatic carbocycles. The summed E-state index contributed by atoms with van der Waals surface area (Å²) in [5, 5.41) is 27.6. The van der Waals surface area contributed by atoms with E-state index in [1.54, 1.807) is 30.6 Å². The monoisotopic (exact) mass is 483 g/mol. The third kappa shape index (κ3) is 6.54. The number of benzene rings is 2. The first-order chi connectivity index (χ1) is 17.7. The van der Waals surface area contributed by atoms with Gasteiger partial charge in [-0.15, -0.1) is 0 Å². The number of fused-ring (bicyclic) bond motifs is 3. The van der Waals surface area contributed by atoms with E-state index in [0.717, 1.165) is 47.7 Å². The van der Waals surface area contributed by atoms with Crippen molar-refractivity contribution in [3.8, 4) is 6.07 Å². The number of hydrogen-bond acceptors (Lipinski definition) is 7. The van der Waals surface area contributed by atoms with Gasteiger partial charge in [-0.05, 0) is 48.7 Å². The molecule has 0 aliphatic carbocycles. The molecule has 8 nitrogen and oxygen atoms in total. The summed E-state index contributed by atoms with van der Waals surface area (Å²) in [5.74, 6) is -0.290. The van der Waals surface area contributed by atoms with Gasteiger partial charge in [0, 0.05) is 48.2 Å². The average molecular weight is 484 g/mol. The summed E-state index contributed by atoms with van der Waals surface area (Å²) in [4.78, 5) is 20.3. The van der Waals surface area contributed by atoms with Gasteiger partial charge in [0.15, 0.2) is 0 Å². The van der Waals surface area contributed by atoms with E-state index >= 15 is 0 Å². The van der Waals surface area contributed by atoms with Crippen molar-refractivity contribution < 1.29 is 14.6 Å². The number of aromatic nitrogens is 2. The lowest BCUT2D eigenvalue weighted by Gasteiger charge is -2.12. The number of pyridine rings is 2. The summed E-state index contributed by atoms with van der Waals surface area (Å²) in [6.07, 6.45) is 5.91. The molecular formula is C28H29N5O3. The highest BCUT2D eigenvalue weighted by Crippen LogP contribution is 2.29. The van der Waals surface area contributed by atoms with E-state index in [1.165, 1.54) is 5.56 Å². The molecule has 2 heterocycles. The standard InChI is InChI=1S/C28H29N5O3/c29-10-8-20-4-3-5-21(16-20)18-30-11-1-2-14-36-15-13-32-27-24-9-12-31-19-25(24)23-7-6-22(28(34)35)17-26(23)33-27/h3-7,9,12,16-17,19,30H,1-2,8,11,13-15,18H2,(H,32,33)(H,34,35). The number of nitriles is 1. The Kier molecular flexibility index (Phi) is 8.76. The predicted molar refractivity (Wildman–Crippen MR) is 140 cm³/mol. The number of unbranched alkanes of at least 4 members (excludes halogenated alkanes) is 1. The molecular weight excluding hydrogens is 454 g/mol. The highest BCUT2D eigenvalue weighted by atomic mass is 16.5. The topological polar surface area (TPSA) is 120 Å². The Labute approximate surface area is 210 Å². The second-order valence-electron chi connectivity index (χ2n) is 8.50. The minimum absolute atomic E-state index is 0.203. The predicted octanol–water partition coefficient (Wildman–Crippen LogP) is 4.55. The first-order valence-corrected chi connectivity index (χ1v) is 12.0. The van der Waals surface area contributed by atoms with Gasteiger partial charge in [-0.3, -0.25) is 4.98 Å². The van der Waals surface area contributed by atoms with Crippen LogP contribution in [0.3, 0.4) is 0 Å². The molecule has 0 aliphatic rings. The van der Waals surface area contributed by atoms with Crippen LogP contribution in [0.1, 0.15) is 34.3 Å². The third-order valence-electron chi connectivity index (χ3n) is 5.88. The van der Waals surface area contributed by atoms with Crippen molar-refractivity contribution in [3.05, 3.63) is 77.6 Å². The van der Waals surface area contributed by atoms with Crippen molar-refractivity contribution in [1.82, 2.24) is 15.3 Å². The Morgan fingerprint density at radius 3 is 2.75 bits per heavy atom. The fourth-order valence-corrected chi connectivity index (χ4v) is 4.09. The van der Waals surface area contributed by atoms with E-state index in [9.17, 15) is 9.90 Å². The van der Waals surface area contributed by atoms with Crippen LogP contribution < -0.4 is 10.6 Å². The van der Waals surface area contributed by atoms with Gasteiger partial charge < -0.3 is 20.5 Å². The Morgan fingerprint density at radius 1 is 1.00 bits per heavy atom. The molecule has 0 unspecified atom stereocenters. The number of nitrogens with zero attached hydrogens (tertiary/aromatic N) is 3. The summed E-state index contributed by atoms with van der Waals surface area (Å²) in [5.41, 5.74) is 3.06. The Balaban J connectivity index is 1.19.